The molecule has 0 fully saturated rings. The smallest absolute Gasteiger partial charge is 0.306 e. The number of esters is 2. The topological polar surface area (TPSA) is 111 Å². The fourth-order valence-corrected chi connectivity index (χ4v) is 6.36. The summed E-state index contributed by atoms with van der Waals surface area (Å²) in [5.74, 6) is -0.958. The van der Waals surface area contributed by atoms with E-state index in [0.717, 1.165) is 89.9 Å². The second-order valence-electron chi connectivity index (χ2n) is 16.4. The normalized spacial score (nSPS) is 14.5. The molecule has 0 aliphatic rings. The number of phosphoric ester groups is 1. The maximum Gasteiger partial charge on any atom is 0.306 e. The number of unbranched alkanes of at least 4 members (excludes halogenated alkanes) is 9. The van der Waals surface area contributed by atoms with Crippen LogP contribution in [0, 0.1) is 0 Å². The molecule has 0 aromatic heterocycles. The highest BCUT2D eigenvalue weighted by Crippen LogP contribution is 2.38. The van der Waals surface area contributed by atoms with Crippen LogP contribution in [0.25, 0.3) is 0 Å². The van der Waals surface area contributed by atoms with Crippen LogP contribution in [0.4, 0.5) is 0 Å². The summed E-state index contributed by atoms with van der Waals surface area (Å²) in [6.07, 6.45) is 58.4. The van der Waals surface area contributed by atoms with Gasteiger partial charge in [0, 0.05) is 12.8 Å². The third-order valence-corrected chi connectivity index (χ3v) is 10.3. The van der Waals surface area contributed by atoms with Gasteiger partial charge >= 0.3 is 11.9 Å². The number of allylic oxidation sites excluding steroid dienone is 18. The van der Waals surface area contributed by atoms with Gasteiger partial charge in [0.2, 0.25) is 0 Å². The molecule has 0 bridgehead atoms. The first-order valence-corrected chi connectivity index (χ1v) is 25.1. The lowest BCUT2D eigenvalue weighted by Crippen LogP contribution is -2.37. The molecule has 0 rings (SSSR count). The summed E-state index contributed by atoms with van der Waals surface area (Å²) in [4.78, 5) is 37.6. The molecule has 0 aromatic carbocycles. The lowest BCUT2D eigenvalue weighted by Gasteiger charge is -2.28. The number of nitrogens with zero attached hydrogens (tertiary/aromatic N) is 1. The molecule has 0 amide bonds. The fraction of sp³-hybridized carbons (Fsp3) is 0.615. The predicted octanol–water partition coefficient (Wildman–Crippen LogP) is 13.3. The summed E-state index contributed by atoms with van der Waals surface area (Å²) in [5, 5.41) is 0. The Morgan fingerprint density at radius 1 is 0.516 bits per heavy atom. The van der Waals surface area contributed by atoms with Crippen molar-refractivity contribution in [3.8, 4) is 0 Å². The number of rotatable bonds is 41. The Kier molecular flexibility index (Phi) is 40.6. The van der Waals surface area contributed by atoms with Gasteiger partial charge in [-0.3, -0.25) is 14.2 Å². The average molecular weight is 884 g/mol. The van der Waals surface area contributed by atoms with Crippen molar-refractivity contribution in [2.45, 2.75) is 161 Å². The van der Waals surface area contributed by atoms with E-state index in [-0.39, 0.29) is 26.1 Å². The monoisotopic (exact) mass is 884 g/mol. The molecule has 352 valence electrons. The van der Waals surface area contributed by atoms with Crippen molar-refractivity contribution in [1.82, 2.24) is 0 Å². The zero-order chi connectivity index (χ0) is 45.7. The molecule has 0 aliphatic carbocycles. The molecule has 0 saturated heterocycles. The van der Waals surface area contributed by atoms with E-state index >= 15 is 0 Å². The van der Waals surface area contributed by atoms with Crippen LogP contribution in [0.2, 0.25) is 0 Å². The van der Waals surface area contributed by atoms with Gasteiger partial charge in [0.05, 0.1) is 27.7 Å². The first-order chi connectivity index (χ1) is 30.0. The molecular formula is C52H86NO8P. The number of quaternary nitrogens is 1. The van der Waals surface area contributed by atoms with Crippen LogP contribution in [0.3, 0.4) is 0 Å². The van der Waals surface area contributed by atoms with Crippen LogP contribution >= 0.6 is 7.82 Å². The van der Waals surface area contributed by atoms with Gasteiger partial charge in [0.25, 0.3) is 7.82 Å². The summed E-state index contributed by atoms with van der Waals surface area (Å²) in [6, 6.07) is 0. The highest BCUT2D eigenvalue weighted by atomic mass is 31.2. The van der Waals surface area contributed by atoms with Crippen molar-refractivity contribution >= 4 is 19.8 Å². The number of hydrogen-bond acceptors (Lipinski definition) is 8. The van der Waals surface area contributed by atoms with Gasteiger partial charge in [-0.2, -0.15) is 0 Å². The third-order valence-electron chi connectivity index (χ3n) is 9.29. The fourth-order valence-electron chi connectivity index (χ4n) is 5.63. The lowest BCUT2D eigenvalue weighted by molar-refractivity contribution is -0.870. The Hall–Kier alpha value is -3.33. The molecule has 2 atom stereocenters. The minimum Gasteiger partial charge on any atom is -0.756 e. The van der Waals surface area contributed by atoms with Gasteiger partial charge < -0.3 is 27.9 Å². The molecule has 9 nitrogen and oxygen atoms in total. The zero-order valence-electron chi connectivity index (χ0n) is 39.5. The molecule has 2 unspecified atom stereocenters. The minimum absolute atomic E-state index is 0.0533. The standard InChI is InChI=1S/C52H86NO8P/c1-6-8-10-12-14-16-18-20-22-24-26-28-30-32-34-36-38-40-42-44-51(54)58-48-50(49-60-62(56,57)59-47-46-53(3,4)5)61-52(55)45-43-41-39-37-35-33-31-29-27-25-23-21-19-17-15-13-11-9-7-2/h9,11,14-17,20-23,26-29,33,35,39,41,50H,6-8,10,12-13,18-19,24-25,30-32,34,36-38,40,42-49H2,1-5H3/b11-9-,16-14-,17-15-,22-20-,23-21-,28-26-,29-27-,35-33-,41-39-. The highest BCUT2D eigenvalue weighted by Gasteiger charge is 2.21. The van der Waals surface area contributed by atoms with E-state index in [1.165, 1.54) is 25.7 Å². The van der Waals surface area contributed by atoms with E-state index in [4.69, 9.17) is 18.5 Å². The van der Waals surface area contributed by atoms with Crippen LogP contribution in [0.15, 0.2) is 109 Å². The van der Waals surface area contributed by atoms with Crippen molar-refractivity contribution < 1.29 is 42.1 Å². The van der Waals surface area contributed by atoms with Crippen molar-refractivity contribution in [2.24, 2.45) is 0 Å². The zero-order valence-corrected chi connectivity index (χ0v) is 40.4. The summed E-state index contributed by atoms with van der Waals surface area (Å²) in [7, 11) is 1.09. The molecule has 0 aromatic rings. The Labute approximate surface area is 378 Å². The minimum atomic E-state index is -4.66. The third kappa shape index (κ3) is 46.2. The number of phosphoric acid groups is 1. The van der Waals surface area contributed by atoms with Crippen LogP contribution < -0.4 is 4.89 Å². The number of likely N-dealkylation sites (N-methyl/N-ethyl adjacent to an activating group) is 1. The Balaban J connectivity index is 4.49. The van der Waals surface area contributed by atoms with E-state index in [0.29, 0.717) is 23.9 Å². The molecule has 62 heavy (non-hydrogen) atoms. The second-order valence-corrected chi connectivity index (χ2v) is 17.8. The number of hydrogen-bond donors (Lipinski definition) is 0. The van der Waals surface area contributed by atoms with E-state index in [2.05, 4.69) is 111 Å². The van der Waals surface area contributed by atoms with Gasteiger partial charge in [-0.05, 0) is 89.9 Å². The maximum absolute atomic E-state index is 12.7. The van der Waals surface area contributed by atoms with Crippen molar-refractivity contribution in [3.05, 3.63) is 109 Å². The first-order valence-electron chi connectivity index (χ1n) is 23.6. The molecule has 0 aliphatic heterocycles. The summed E-state index contributed by atoms with van der Waals surface area (Å²) in [5.41, 5.74) is 0. The molecule has 0 saturated carbocycles. The largest absolute Gasteiger partial charge is 0.756 e. The van der Waals surface area contributed by atoms with Crippen molar-refractivity contribution in [2.75, 3.05) is 47.5 Å². The maximum atomic E-state index is 12.7. The Morgan fingerprint density at radius 3 is 1.44 bits per heavy atom. The Bertz CT molecular complexity index is 1420. The Morgan fingerprint density at radius 2 is 0.952 bits per heavy atom. The second kappa shape index (κ2) is 42.9. The van der Waals surface area contributed by atoms with Gasteiger partial charge in [0.15, 0.2) is 6.10 Å². The van der Waals surface area contributed by atoms with Crippen LogP contribution in [0.1, 0.15) is 155 Å². The van der Waals surface area contributed by atoms with Crippen LogP contribution in [-0.4, -0.2) is 70.0 Å². The van der Waals surface area contributed by atoms with E-state index in [1.807, 2.05) is 33.3 Å². The van der Waals surface area contributed by atoms with Crippen molar-refractivity contribution in [3.63, 3.8) is 0 Å². The predicted molar refractivity (Wildman–Crippen MR) is 258 cm³/mol. The molecule has 0 N–H and O–H groups in total. The highest BCUT2D eigenvalue weighted by molar-refractivity contribution is 7.45. The first kappa shape index (κ1) is 58.7. The molecule has 0 spiro atoms. The van der Waals surface area contributed by atoms with E-state index in [1.54, 1.807) is 0 Å². The summed E-state index contributed by atoms with van der Waals surface area (Å²) >= 11 is 0. The summed E-state index contributed by atoms with van der Waals surface area (Å²) in [6.45, 7) is 3.96. The number of carbonyl (C=O) groups is 2. The summed E-state index contributed by atoms with van der Waals surface area (Å²) < 4.78 is 33.8. The van der Waals surface area contributed by atoms with Gasteiger partial charge in [-0.15, -0.1) is 0 Å². The quantitative estimate of drug-likeness (QED) is 0.0196. The molecule has 10 heteroatoms. The SMILES string of the molecule is CC/C=C\C/C=C\C/C=C\C/C=C\C/C=C\C/C=C\CCC(=O)OC(COC(=O)CCCCCCCC/C=C\C/C=C\C/C=C\CCCCC)COP(=O)([O-])OCC[N+](C)(C)C. The average Bonchev–Trinajstić information content (AvgIpc) is 3.23. The molecule has 0 radical (unpaired) electrons. The number of carbonyl (C=O) groups excluding carboxylic acids is 2. The van der Waals surface area contributed by atoms with Gasteiger partial charge in [-0.25, -0.2) is 0 Å². The van der Waals surface area contributed by atoms with Crippen LogP contribution in [-0.2, 0) is 32.7 Å². The number of ether oxygens (including phenoxy) is 2. The van der Waals surface area contributed by atoms with E-state index in [9.17, 15) is 19.0 Å². The lowest BCUT2D eigenvalue weighted by atomic mass is 10.1. The van der Waals surface area contributed by atoms with Gasteiger partial charge in [-0.1, -0.05) is 162 Å². The van der Waals surface area contributed by atoms with E-state index < -0.39 is 32.5 Å². The molecule has 0 heterocycles. The molecular weight excluding hydrogens is 798 g/mol. The van der Waals surface area contributed by atoms with Gasteiger partial charge in [0.1, 0.15) is 19.8 Å². The van der Waals surface area contributed by atoms with Crippen LogP contribution in [0.5, 0.6) is 0 Å². The van der Waals surface area contributed by atoms with Crippen molar-refractivity contribution in [1.29, 1.82) is 0 Å².